The van der Waals surface area contributed by atoms with Gasteiger partial charge in [0.1, 0.15) is 11.6 Å². The Balaban J connectivity index is 2.80. The number of carboxylic acid groups (broad SMARTS) is 1. The number of alkyl carbamates (subject to hydrolysis) is 1. The topological polar surface area (TPSA) is 148 Å². The van der Waals surface area contributed by atoms with E-state index < -0.39 is 34.5 Å². The summed E-state index contributed by atoms with van der Waals surface area (Å²) >= 11 is 0. The molecule has 26 heavy (non-hydrogen) atoms. The Morgan fingerprint density at radius 3 is 2.27 bits per heavy atom. The van der Waals surface area contributed by atoms with Crippen LogP contribution in [0.1, 0.15) is 33.6 Å². The van der Waals surface area contributed by atoms with Crippen LogP contribution < -0.4 is 10.6 Å². The highest BCUT2D eigenvalue weighted by Gasteiger charge is 2.25. The summed E-state index contributed by atoms with van der Waals surface area (Å²) in [6.45, 7) is 4.95. The third-order valence-corrected chi connectivity index (χ3v) is 3.00. The number of hydrogen-bond acceptors (Lipinski definition) is 6. The molecule has 1 rings (SSSR count). The van der Waals surface area contributed by atoms with Gasteiger partial charge in [-0.15, -0.1) is 0 Å². The number of nitrogens with zero attached hydrogens (tertiary/aromatic N) is 1. The van der Waals surface area contributed by atoms with Crippen molar-refractivity contribution in [3.8, 4) is 0 Å². The van der Waals surface area contributed by atoms with Crippen LogP contribution in [0.4, 0.5) is 16.2 Å². The summed E-state index contributed by atoms with van der Waals surface area (Å²) < 4.78 is 5.07. The number of anilines is 1. The summed E-state index contributed by atoms with van der Waals surface area (Å²) in [6.07, 6.45) is -1.34. The number of carboxylic acids is 1. The number of non-ortho nitro benzene ring substituents is 1. The van der Waals surface area contributed by atoms with Crippen molar-refractivity contribution in [2.24, 2.45) is 0 Å². The van der Waals surface area contributed by atoms with Gasteiger partial charge in [0.25, 0.3) is 5.69 Å². The molecule has 0 spiro atoms. The maximum Gasteiger partial charge on any atom is 0.408 e. The van der Waals surface area contributed by atoms with Gasteiger partial charge >= 0.3 is 12.1 Å². The molecule has 10 heteroatoms. The van der Waals surface area contributed by atoms with E-state index in [4.69, 9.17) is 9.84 Å². The molecule has 1 aromatic rings. The lowest BCUT2D eigenvalue weighted by Gasteiger charge is -2.23. The molecular weight excluding hydrogens is 346 g/mol. The highest BCUT2D eigenvalue weighted by molar-refractivity contribution is 5.96. The number of nitro groups is 1. The number of rotatable bonds is 7. The molecule has 2 amide bonds. The number of carbonyl (C=O) groups is 3. The Morgan fingerprint density at radius 1 is 1.23 bits per heavy atom. The van der Waals surface area contributed by atoms with E-state index in [1.807, 2.05) is 0 Å². The van der Waals surface area contributed by atoms with E-state index in [2.05, 4.69) is 10.6 Å². The summed E-state index contributed by atoms with van der Waals surface area (Å²) in [5.74, 6) is -1.78. The fourth-order valence-corrected chi connectivity index (χ4v) is 1.88. The molecule has 0 fully saturated rings. The molecule has 0 heterocycles. The zero-order valence-electron chi connectivity index (χ0n) is 14.6. The second-order valence-corrected chi connectivity index (χ2v) is 6.42. The van der Waals surface area contributed by atoms with Crippen LogP contribution in [0.15, 0.2) is 24.3 Å². The Kier molecular flexibility index (Phi) is 7.06. The van der Waals surface area contributed by atoms with Crippen molar-refractivity contribution in [3.05, 3.63) is 34.4 Å². The van der Waals surface area contributed by atoms with Crippen molar-refractivity contribution < 1.29 is 29.2 Å². The van der Waals surface area contributed by atoms with Gasteiger partial charge in [0, 0.05) is 24.2 Å². The lowest BCUT2D eigenvalue weighted by Crippen LogP contribution is -2.46. The van der Waals surface area contributed by atoms with Gasteiger partial charge in [0.05, 0.1) is 4.92 Å². The molecule has 0 radical (unpaired) electrons. The lowest BCUT2D eigenvalue weighted by atomic mass is 10.1. The summed E-state index contributed by atoms with van der Waals surface area (Å²) in [5.41, 5.74) is -0.653. The zero-order chi connectivity index (χ0) is 19.9. The van der Waals surface area contributed by atoms with Crippen LogP contribution in [0.5, 0.6) is 0 Å². The first-order chi connectivity index (χ1) is 12.0. The average molecular weight is 367 g/mol. The standard InChI is InChI=1S/C16H21N3O7/c1-16(2,3)26-15(23)18-12(8-9-13(20)21)14(22)17-10-4-6-11(7-5-10)19(24)25/h4-7,12H,8-9H2,1-3H3,(H,17,22)(H,18,23)(H,20,21). The molecule has 0 saturated carbocycles. The molecule has 0 bridgehead atoms. The average Bonchev–Trinajstić information content (AvgIpc) is 2.49. The smallest absolute Gasteiger partial charge is 0.408 e. The monoisotopic (exact) mass is 367 g/mol. The molecule has 0 aromatic heterocycles. The molecule has 3 N–H and O–H groups in total. The van der Waals surface area contributed by atoms with Gasteiger partial charge in [-0.25, -0.2) is 4.79 Å². The Bertz CT molecular complexity index is 680. The van der Waals surface area contributed by atoms with E-state index in [1.54, 1.807) is 20.8 Å². The lowest BCUT2D eigenvalue weighted by molar-refractivity contribution is -0.384. The van der Waals surface area contributed by atoms with Gasteiger partial charge in [-0.2, -0.15) is 0 Å². The van der Waals surface area contributed by atoms with E-state index in [0.29, 0.717) is 0 Å². The fraction of sp³-hybridized carbons (Fsp3) is 0.438. The molecule has 0 aliphatic carbocycles. The highest BCUT2D eigenvalue weighted by atomic mass is 16.6. The summed E-state index contributed by atoms with van der Waals surface area (Å²) in [5, 5.41) is 24.2. The summed E-state index contributed by atoms with van der Waals surface area (Å²) in [7, 11) is 0. The Labute approximate surface area is 149 Å². The number of nitrogens with one attached hydrogen (secondary N) is 2. The number of amides is 2. The highest BCUT2D eigenvalue weighted by Crippen LogP contribution is 2.16. The molecule has 1 aromatic carbocycles. The number of carbonyl (C=O) groups excluding carboxylic acids is 2. The van der Waals surface area contributed by atoms with Crippen molar-refractivity contribution in [1.82, 2.24) is 5.32 Å². The van der Waals surface area contributed by atoms with Gasteiger partial charge in [-0.3, -0.25) is 19.7 Å². The van der Waals surface area contributed by atoms with Crippen LogP contribution in [-0.2, 0) is 14.3 Å². The number of nitro benzene ring substituents is 1. The van der Waals surface area contributed by atoms with E-state index in [0.717, 1.165) is 0 Å². The van der Waals surface area contributed by atoms with E-state index in [9.17, 15) is 24.5 Å². The third-order valence-electron chi connectivity index (χ3n) is 3.00. The summed E-state index contributed by atoms with van der Waals surface area (Å²) in [6, 6.07) is 3.94. The van der Waals surface area contributed by atoms with E-state index >= 15 is 0 Å². The molecule has 0 aliphatic rings. The predicted molar refractivity (Wildman–Crippen MR) is 91.8 cm³/mol. The molecule has 1 atom stereocenters. The first kappa shape index (κ1) is 20.9. The zero-order valence-corrected chi connectivity index (χ0v) is 14.6. The van der Waals surface area contributed by atoms with Crippen molar-refractivity contribution in [3.63, 3.8) is 0 Å². The minimum Gasteiger partial charge on any atom is -0.481 e. The minimum atomic E-state index is -1.14. The minimum absolute atomic E-state index is 0.141. The quantitative estimate of drug-likeness (QED) is 0.494. The normalized spacial score (nSPS) is 12.0. The molecule has 0 aliphatic heterocycles. The second-order valence-electron chi connectivity index (χ2n) is 6.42. The number of aliphatic carboxylic acids is 1. The number of ether oxygens (including phenoxy) is 1. The maximum atomic E-state index is 12.3. The van der Waals surface area contributed by atoms with Crippen LogP contribution in [0.25, 0.3) is 0 Å². The van der Waals surface area contributed by atoms with Gasteiger partial charge in [0.2, 0.25) is 5.91 Å². The fourth-order valence-electron chi connectivity index (χ4n) is 1.88. The molecule has 1 unspecified atom stereocenters. The third kappa shape index (κ3) is 7.60. The first-order valence-electron chi connectivity index (χ1n) is 7.74. The van der Waals surface area contributed by atoms with Crippen LogP contribution in [0, 0.1) is 10.1 Å². The van der Waals surface area contributed by atoms with Gasteiger partial charge in [-0.05, 0) is 39.3 Å². The molecule has 0 saturated heterocycles. The number of hydrogen-bond donors (Lipinski definition) is 3. The SMILES string of the molecule is CC(C)(C)OC(=O)NC(CCC(=O)O)C(=O)Nc1ccc([N+](=O)[O-])cc1. The van der Waals surface area contributed by atoms with E-state index in [-0.39, 0.29) is 24.2 Å². The largest absolute Gasteiger partial charge is 0.481 e. The van der Waals surface area contributed by atoms with Crippen molar-refractivity contribution >= 4 is 29.3 Å². The Hall–Kier alpha value is -3.17. The number of benzene rings is 1. The molecule has 142 valence electrons. The predicted octanol–water partition coefficient (Wildman–Crippen LogP) is 2.29. The van der Waals surface area contributed by atoms with Crippen LogP contribution in [0.2, 0.25) is 0 Å². The van der Waals surface area contributed by atoms with Crippen molar-refractivity contribution in [2.75, 3.05) is 5.32 Å². The van der Waals surface area contributed by atoms with Crippen molar-refractivity contribution in [2.45, 2.75) is 45.3 Å². The van der Waals surface area contributed by atoms with Gasteiger partial charge < -0.3 is 20.5 Å². The molecular formula is C16H21N3O7. The van der Waals surface area contributed by atoms with Crippen LogP contribution in [-0.4, -0.2) is 39.6 Å². The van der Waals surface area contributed by atoms with Gasteiger partial charge in [0.15, 0.2) is 0 Å². The maximum absolute atomic E-state index is 12.3. The van der Waals surface area contributed by atoms with Crippen LogP contribution >= 0.6 is 0 Å². The molecule has 10 nitrogen and oxygen atoms in total. The second kappa shape index (κ2) is 8.79. The van der Waals surface area contributed by atoms with Crippen LogP contribution in [0.3, 0.4) is 0 Å². The summed E-state index contributed by atoms with van der Waals surface area (Å²) in [4.78, 5) is 45.0. The first-order valence-corrected chi connectivity index (χ1v) is 7.74. The van der Waals surface area contributed by atoms with Crippen molar-refractivity contribution in [1.29, 1.82) is 0 Å². The Morgan fingerprint density at radius 2 is 1.81 bits per heavy atom. The van der Waals surface area contributed by atoms with Gasteiger partial charge in [-0.1, -0.05) is 0 Å². The van der Waals surface area contributed by atoms with E-state index in [1.165, 1.54) is 24.3 Å².